The van der Waals surface area contributed by atoms with Gasteiger partial charge in [-0.05, 0) is 210 Å². The normalized spacial score (nSPS) is 12.0. The van der Waals surface area contributed by atoms with E-state index in [2.05, 4.69) is 333 Å². The van der Waals surface area contributed by atoms with E-state index in [4.69, 9.17) is 11.3 Å². The summed E-state index contributed by atoms with van der Waals surface area (Å²) in [6.45, 7) is 20.8. The van der Waals surface area contributed by atoms with Crippen LogP contribution < -0.4 is 0 Å². The monoisotopic (exact) mass is 1490 g/mol. The number of hydrogen-bond donors (Lipinski definition) is 0. The summed E-state index contributed by atoms with van der Waals surface area (Å²) in [5, 5.41) is 13.1. The molecule has 3 aromatic heterocycles. The Morgan fingerprint density at radius 3 is 1.57 bits per heavy atom. The van der Waals surface area contributed by atoms with E-state index in [0.29, 0.717) is 11.1 Å². The maximum absolute atomic E-state index is 14.2. The molecule has 1 aliphatic rings. The number of furan rings is 1. The van der Waals surface area contributed by atoms with Crippen molar-refractivity contribution in [1.82, 2.24) is 4.57 Å². The minimum Gasteiger partial charge on any atom is -0.456 e. The number of para-hydroxylation sites is 3. The molecule has 0 N–H and O–H groups in total. The largest absolute Gasteiger partial charge is 0.456 e. The van der Waals surface area contributed by atoms with Gasteiger partial charge in [0.1, 0.15) is 17.0 Å². The zero-order valence-electron chi connectivity index (χ0n) is 70.7. The number of aromatic nitrogens is 1. The first-order valence-electron chi connectivity index (χ1n) is 41.0. The molecule has 0 bridgehead atoms. The van der Waals surface area contributed by atoms with E-state index in [0.717, 1.165) is 33.4 Å². The van der Waals surface area contributed by atoms with Crippen LogP contribution in [0.1, 0.15) is 76.3 Å². The first kappa shape index (κ1) is 70.4. The first-order valence-corrected chi connectivity index (χ1v) is 39.3. The molecule has 0 saturated heterocycles. The Balaban J connectivity index is 0.000000112. The third-order valence-corrected chi connectivity index (χ3v) is 21.9. The van der Waals surface area contributed by atoms with Crippen LogP contribution in [0, 0.1) is 61.2 Å². The van der Waals surface area contributed by atoms with Gasteiger partial charge in [-0.2, -0.15) is 0 Å². The molecule has 0 spiro atoms. The Hall–Kier alpha value is -13.0. The maximum Gasteiger partial charge on any atom is 0.135 e. The number of benzene rings is 17. The lowest BCUT2D eigenvalue weighted by molar-refractivity contribution is 0.619. The van der Waals surface area contributed by atoms with Gasteiger partial charge in [-0.3, -0.25) is 0 Å². The molecule has 4 heteroatoms. The van der Waals surface area contributed by atoms with Gasteiger partial charge in [0, 0.05) is 52.8 Å². The molecule has 0 fully saturated rings. The average molecular weight is 1490 g/mol. The van der Waals surface area contributed by atoms with Gasteiger partial charge in [-0.15, -0.1) is 11.3 Å². The molecule has 20 aromatic rings. The molecule has 554 valence electrons. The highest BCUT2D eigenvalue weighted by Crippen LogP contribution is 2.49. The third kappa shape index (κ3) is 17.9. The van der Waals surface area contributed by atoms with Crippen LogP contribution in [0.4, 0.5) is 4.39 Å². The third-order valence-electron chi connectivity index (χ3n) is 20.7. The SMILES string of the molecule is Cc1c(F)cc(-c2ccccc2)cc1-c1ccccc1.Cc1ccc2c(c1)C(C)(C)c1ccccc1-2.Cc1ccc2c(c1)c1ccccc1n2-c1ccccc1.Cc1ccc2c(c1)oc1ccccc12.Cc1ccc2c(c1)sc1ccccc12.Cc1ccc2ccccc2c1.Cc1cccc2ccccc12.[2H]c1c([2H])c([2H])c(C)c([2H])c1[2H]. The van der Waals surface area contributed by atoms with Gasteiger partial charge in [0.2, 0.25) is 0 Å². The van der Waals surface area contributed by atoms with Crippen molar-refractivity contribution in [2.75, 3.05) is 0 Å². The second-order valence-corrected chi connectivity index (χ2v) is 30.5. The van der Waals surface area contributed by atoms with Crippen LogP contribution in [-0.2, 0) is 5.41 Å². The van der Waals surface area contributed by atoms with Crippen LogP contribution in [0.25, 0.3) is 125 Å². The second-order valence-electron chi connectivity index (χ2n) is 29.4. The highest BCUT2D eigenvalue weighted by atomic mass is 32.1. The number of rotatable bonds is 3. The van der Waals surface area contributed by atoms with E-state index >= 15 is 0 Å². The van der Waals surface area contributed by atoms with Crippen LogP contribution in [0.3, 0.4) is 0 Å². The Morgan fingerprint density at radius 1 is 0.310 bits per heavy atom. The van der Waals surface area contributed by atoms with Crippen LogP contribution in [-0.4, -0.2) is 4.57 Å². The summed E-state index contributed by atoms with van der Waals surface area (Å²) in [7, 11) is 0. The van der Waals surface area contributed by atoms with Gasteiger partial charge in [-0.1, -0.05) is 357 Å². The Bertz CT molecular complexity index is 6740. The molecular formula is C109H94FNOS. The summed E-state index contributed by atoms with van der Waals surface area (Å²) >= 11 is 1.88. The summed E-state index contributed by atoms with van der Waals surface area (Å²) in [5.41, 5.74) is 24.4. The quantitative estimate of drug-likeness (QED) is 0.172. The molecule has 17 aromatic carbocycles. The molecule has 21 rings (SSSR count). The van der Waals surface area contributed by atoms with E-state index in [1.165, 1.54) is 143 Å². The number of fused-ring (bicyclic) bond motifs is 14. The van der Waals surface area contributed by atoms with Crippen molar-refractivity contribution in [1.29, 1.82) is 0 Å². The van der Waals surface area contributed by atoms with E-state index in [9.17, 15) is 4.39 Å². The molecule has 113 heavy (non-hydrogen) atoms. The average Bonchev–Trinajstić information content (AvgIpc) is 1.59. The summed E-state index contributed by atoms with van der Waals surface area (Å²) in [5.74, 6) is -0.162. The van der Waals surface area contributed by atoms with Gasteiger partial charge in [-0.25, -0.2) is 4.39 Å². The standard InChI is InChI=1S/C19H15F.C19H15N.C16H16.C13H10O.C13H10S.2C11H10.C7H8/c1-14-18(16-10-6-3-7-11-16)12-17(13-19(14)20)15-8-4-2-5-9-15;1-14-11-12-19-17(13-14)16-9-5-6-10-18(16)20(19)15-7-3-2-4-8-15;1-11-8-9-13-12-6-4-5-7-14(12)16(2,3)15(13)10-11;2*1-9-6-7-11-10-4-2-3-5-12(10)14-13(11)8-9;1-9-5-4-7-10-6-2-3-8-11(9)10;1-9-6-7-10-4-2-3-5-11(10)8-9;1-7-5-3-2-4-6-7/h2*2-13H,1H3;4-10H,1-3H3;2*2-8H,1H3;2*2-8H,1H3;2-6H,1H3/i;;;;;;;2D,3D,4D,5D,6D. The minimum atomic E-state index is -0.337. The molecule has 1 aliphatic carbocycles. The fourth-order valence-corrected chi connectivity index (χ4v) is 16.0. The minimum absolute atomic E-state index is 0.124. The van der Waals surface area contributed by atoms with Crippen molar-refractivity contribution in [2.24, 2.45) is 0 Å². The number of nitrogens with zero attached hydrogens (tertiary/aromatic N) is 1. The van der Waals surface area contributed by atoms with Gasteiger partial charge >= 0.3 is 0 Å². The van der Waals surface area contributed by atoms with Gasteiger partial charge < -0.3 is 8.98 Å². The zero-order chi connectivity index (χ0) is 82.7. The van der Waals surface area contributed by atoms with Crippen molar-refractivity contribution >= 4 is 96.8 Å². The number of aryl methyl sites for hydroxylation is 6. The molecule has 2 nitrogen and oxygen atoms in total. The van der Waals surface area contributed by atoms with E-state index in [-0.39, 0.29) is 41.4 Å². The Morgan fingerprint density at radius 2 is 0.823 bits per heavy atom. The number of thiophene rings is 1. The second kappa shape index (κ2) is 35.4. The highest BCUT2D eigenvalue weighted by Gasteiger charge is 2.35. The fourth-order valence-electron chi connectivity index (χ4n) is 14.8. The van der Waals surface area contributed by atoms with Crippen molar-refractivity contribution in [3.05, 3.63) is 450 Å². The van der Waals surface area contributed by atoms with E-state index < -0.39 is 0 Å². The zero-order valence-corrected chi connectivity index (χ0v) is 66.5. The summed E-state index contributed by atoms with van der Waals surface area (Å²) < 4.78 is 61.4. The van der Waals surface area contributed by atoms with Gasteiger partial charge in [0.15, 0.2) is 0 Å². The fraction of sp³-hybridized carbons (Fsp3) is 0.101. The number of hydrogen-bond acceptors (Lipinski definition) is 2. The van der Waals surface area contributed by atoms with Crippen LogP contribution in [0.5, 0.6) is 0 Å². The molecule has 0 atom stereocenters. The maximum atomic E-state index is 14.2. The van der Waals surface area contributed by atoms with Crippen molar-refractivity contribution in [3.8, 4) is 39.1 Å². The molecule has 3 heterocycles. The molecule has 0 saturated carbocycles. The Labute approximate surface area is 676 Å². The summed E-state index contributed by atoms with van der Waals surface area (Å²) in [6.07, 6.45) is 0. The predicted molar refractivity (Wildman–Crippen MR) is 487 cm³/mol. The smallest absolute Gasteiger partial charge is 0.135 e. The van der Waals surface area contributed by atoms with Crippen molar-refractivity contribution in [3.63, 3.8) is 0 Å². The van der Waals surface area contributed by atoms with Crippen molar-refractivity contribution < 1.29 is 15.7 Å². The topological polar surface area (TPSA) is 18.1 Å². The number of halogens is 1. The molecule has 0 amide bonds. The van der Waals surface area contributed by atoms with Gasteiger partial charge in [0.25, 0.3) is 0 Å². The highest BCUT2D eigenvalue weighted by molar-refractivity contribution is 7.25. The lowest BCUT2D eigenvalue weighted by Crippen LogP contribution is -2.14. The lowest BCUT2D eigenvalue weighted by atomic mass is 9.82. The first-order chi connectivity index (χ1) is 57.1. The predicted octanol–water partition coefficient (Wildman–Crippen LogP) is 31.4. The summed E-state index contributed by atoms with van der Waals surface area (Å²) in [4.78, 5) is 0. The van der Waals surface area contributed by atoms with Gasteiger partial charge in [0.05, 0.1) is 17.9 Å². The Kier molecular flexibility index (Phi) is 22.0. The van der Waals surface area contributed by atoms with Crippen LogP contribution >= 0.6 is 11.3 Å². The van der Waals surface area contributed by atoms with Crippen molar-refractivity contribution in [2.45, 2.75) is 74.7 Å². The lowest BCUT2D eigenvalue weighted by Gasteiger charge is -2.21. The van der Waals surface area contributed by atoms with Crippen LogP contribution in [0.15, 0.2) is 393 Å². The summed E-state index contributed by atoms with van der Waals surface area (Å²) in [6, 6.07) is 123. The molecule has 0 radical (unpaired) electrons. The molecule has 0 unspecified atom stereocenters. The molecular weight excluding hydrogens is 1390 g/mol. The van der Waals surface area contributed by atoms with E-state index in [1.807, 2.05) is 97.1 Å². The van der Waals surface area contributed by atoms with Crippen LogP contribution in [0.2, 0.25) is 0 Å². The molecule has 0 aliphatic heterocycles. The van der Waals surface area contributed by atoms with E-state index in [1.54, 1.807) is 6.07 Å².